The van der Waals surface area contributed by atoms with E-state index >= 15 is 0 Å². The van der Waals surface area contributed by atoms with Crippen molar-refractivity contribution >= 4 is 23.3 Å². The smallest absolute Gasteiger partial charge is 0.474 e. The van der Waals surface area contributed by atoms with Gasteiger partial charge in [-0.25, -0.2) is 19.2 Å². The second kappa shape index (κ2) is 11.0. The first-order valence-corrected chi connectivity index (χ1v) is 11.1. The van der Waals surface area contributed by atoms with E-state index in [1.807, 2.05) is 13.0 Å². The Labute approximate surface area is 198 Å². The Bertz CT molecular complexity index is 1040. The van der Waals surface area contributed by atoms with Crippen molar-refractivity contribution in [2.45, 2.75) is 52.2 Å². The monoisotopic (exact) mass is 472 g/mol. The quantitative estimate of drug-likeness (QED) is 0.562. The highest BCUT2D eigenvalue weighted by Gasteiger charge is 2.26. The SMILES string of the molecule is CCNc1cc(Nc2cc(OC3CCN(OC(=O)OC(C)(C)C)CC3)ncn2)c(F)cc1C#N. The molecule has 10 nitrogen and oxygen atoms in total. The number of piperidine rings is 1. The lowest BCUT2D eigenvalue weighted by Gasteiger charge is -2.30. The Kier molecular flexibility index (Phi) is 8.07. The molecule has 1 aromatic carbocycles. The van der Waals surface area contributed by atoms with Gasteiger partial charge in [0.15, 0.2) is 0 Å². The Hall–Kier alpha value is -3.65. The summed E-state index contributed by atoms with van der Waals surface area (Å²) >= 11 is 0. The van der Waals surface area contributed by atoms with Crippen molar-refractivity contribution in [2.75, 3.05) is 30.3 Å². The van der Waals surface area contributed by atoms with Gasteiger partial charge in [0, 0.05) is 38.5 Å². The molecule has 0 radical (unpaired) electrons. The van der Waals surface area contributed by atoms with Crippen molar-refractivity contribution in [2.24, 2.45) is 0 Å². The minimum atomic E-state index is -0.731. The van der Waals surface area contributed by atoms with Crippen molar-refractivity contribution in [1.29, 1.82) is 5.26 Å². The van der Waals surface area contributed by atoms with Crippen LogP contribution in [0, 0.1) is 17.1 Å². The Morgan fingerprint density at radius 3 is 2.62 bits per heavy atom. The second-order valence-electron chi connectivity index (χ2n) is 8.69. The molecule has 0 aliphatic carbocycles. The summed E-state index contributed by atoms with van der Waals surface area (Å²) in [7, 11) is 0. The number of nitriles is 1. The fourth-order valence-corrected chi connectivity index (χ4v) is 3.29. The van der Waals surface area contributed by atoms with Crippen molar-refractivity contribution in [3.63, 3.8) is 0 Å². The molecule has 0 saturated carbocycles. The van der Waals surface area contributed by atoms with Crippen molar-refractivity contribution in [1.82, 2.24) is 15.0 Å². The first-order valence-electron chi connectivity index (χ1n) is 11.1. The zero-order chi connectivity index (χ0) is 24.7. The van der Waals surface area contributed by atoms with E-state index in [1.54, 1.807) is 31.9 Å². The Balaban J connectivity index is 1.57. The molecule has 11 heteroatoms. The third-order valence-corrected chi connectivity index (χ3v) is 4.78. The number of hydrogen-bond acceptors (Lipinski definition) is 10. The van der Waals surface area contributed by atoms with E-state index < -0.39 is 17.6 Å². The number of halogens is 1. The molecule has 2 heterocycles. The summed E-state index contributed by atoms with van der Waals surface area (Å²) < 4.78 is 25.6. The van der Waals surface area contributed by atoms with Gasteiger partial charge >= 0.3 is 6.16 Å². The lowest BCUT2D eigenvalue weighted by molar-refractivity contribution is -0.159. The standard InChI is InChI=1S/C23H29FN6O4/c1-5-26-18-11-19(17(24)10-15(18)13-25)29-20-12-21(28-14-27-20)32-16-6-8-30(9-7-16)34-22(31)33-23(2,3)4/h10-12,14,16,26H,5-9H2,1-4H3,(H,27,28,29). The first-order chi connectivity index (χ1) is 16.2. The van der Waals surface area contributed by atoms with Gasteiger partial charge in [0.1, 0.15) is 35.7 Å². The number of hydrogen-bond donors (Lipinski definition) is 2. The van der Waals surface area contributed by atoms with Gasteiger partial charge in [-0.05, 0) is 39.8 Å². The van der Waals surface area contributed by atoms with Crippen LogP contribution in [0.4, 0.5) is 26.4 Å². The van der Waals surface area contributed by atoms with Crippen LogP contribution in [0.5, 0.6) is 5.88 Å². The van der Waals surface area contributed by atoms with Crippen LogP contribution in [0.2, 0.25) is 0 Å². The number of nitrogens with zero attached hydrogens (tertiary/aromatic N) is 4. The Morgan fingerprint density at radius 2 is 1.97 bits per heavy atom. The third kappa shape index (κ3) is 7.18. The van der Waals surface area contributed by atoms with Crippen LogP contribution in [0.3, 0.4) is 0 Å². The fraction of sp³-hybridized carbons (Fsp3) is 0.478. The lowest BCUT2D eigenvalue weighted by atomic mass is 10.1. The normalized spacial score (nSPS) is 14.7. The molecular formula is C23H29FN6O4. The molecule has 1 aliphatic rings. The molecule has 1 fully saturated rings. The molecule has 0 amide bonds. The fourth-order valence-electron chi connectivity index (χ4n) is 3.29. The van der Waals surface area contributed by atoms with Gasteiger partial charge in [0.05, 0.1) is 16.9 Å². The van der Waals surface area contributed by atoms with Gasteiger partial charge in [-0.1, -0.05) is 0 Å². The highest BCUT2D eigenvalue weighted by molar-refractivity contribution is 5.69. The minimum Gasteiger partial charge on any atom is -0.474 e. The molecular weight excluding hydrogens is 443 g/mol. The topological polar surface area (TPSA) is 122 Å². The summed E-state index contributed by atoms with van der Waals surface area (Å²) in [6.45, 7) is 8.78. The van der Waals surface area contributed by atoms with Crippen molar-refractivity contribution in [3.8, 4) is 11.9 Å². The summed E-state index contributed by atoms with van der Waals surface area (Å²) in [5.41, 5.74) is 0.303. The third-order valence-electron chi connectivity index (χ3n) is 4.78. The van der Waals surface area contributed by atoms with E-state index in [0.717, 1.165) is 0 Å². The maximum Gasteiger partial charge on any atom is 0.528 e. The molecule has 0 atom stereocenters. The van der Waals surface area contributed by atoms with E-state index in [4.69, 9.17) is 14.3 Å². The van der Waals surface area contributed by atoms with Gasteiger partial charge in [-0.2, -0.15) is 5.26 Å². The van der Waals surface area contributed by atoms with Crippen LogP contribution in [0.1, 0.15) is 46.1 Å². The molecule has 1 aliphatic heterocycles. The number of carbonyl (C=O) groups is 1. The van der Waals surface area contributed by atoms with Crippen LogP contribution in [-0.2, 0) is 9.57 Å². The zero-order valence-electron chi connectivity index (χ0n) is 19.7. The van der Waals surface area contributed by atoms with Gasteiger partial charge in [0.2, 0.25) is 5.88 Å². The lowest BCUT2D eigenvalue weighted by Crippen LogP contribution is -2.40. The highest BCUT2D eigenvalue weighted by atomic mass is 19.1. The van der Waals surface area contributed by atoms with Gasteiger partial charge in [-0.3, -0.25) is 0 Å². The summed E-state index contributed by atoms with van der Waals surface area (Å²) in [4.78, 5) is 25.3. The van der Waals surface area contributed by atoms with E-state index in [2.05, 4.69) is 20.6 Å². The van der Waals surface area contributed by atoms with Crippen molar-refractivity contribution in [3.05, 3.63) is 35.9 Å². The summed E-state index contributed by atoms with van der Waals surface area (Å²) in [5, 5.41) is 16.7. The van der Waals surface area contributed by atoms with Crippen LogP contribution >= 0.6 is 0 Å². The molecule has 182 valence electrons. The van der Waals surface area contributed by atoms with Crippen LogP contribution in [0.25, 0.3) is 0 Å². The number of carbonyl (C=O) groups excluding carboxylic acids is 1. The first kappa shape index (κ1) is 25.0. The zero-order valence-corrected chi connectivity index (χ0v) is 19.7. The van der Waals surface area contributed by atoms with E-state index in [1.165, 1.54) is 18.5 Å². The number of ether oxygens (including phenoxy) is 2. The van der Waals surface area contributed by atoms with Crippen LogP contribution in [-0.4, -0.2) is 52.5 Å². The second-order valence-corrected chi connectivity index (χ2v) is 8.69. The number of aromatic nitrogens is 2. The predicted molar refractivity (Wildman–Crippen MR) is 123 cm³/mol. The van der Waals surface area contributed by atoms with Gasteiger partial charge in [-0.15, -0.1) is 5.06 Å². The van der Waals surface area contributed by atoms with E-state index in [0.29, 0.717) is 49.9 Å². The van der Waals surface area contributed by atoms with Crippen LogP contribution in [0.15, 0.2) is 24.5 Å². The van der Waals surface area contributed by atoms with Crippen LogP contribution < -0.4 is 15.4 Å². The molecule has 1 aromatic heterocycles. The minimum absolute atomic E-state index is 0.131. The molecule has 1 saturated heterocycles. The molecule has 2 aromatic rings. The van der Waals surface area contributed by atoms with Crippen molar-refractivity contribution < 1.29 is 23.5 Å². The van der Waals surface area contributed by atoms with E-state index in [-0.39, 0.29) is 17.4 Å². The number of rotatable bonds is 7. The van der Waals surface area contributed by atoms with Gasteiger partial charge < -0.3 is 24.9 Å². The molecule has 0 unspecified atom stereocenters. The molecule has 2 N–H and O–H groups in total. The van der Waals surface area contributed by atoms with Gasteiger partial charge in [0.25, 0.3) is 0 Å². The maximum atomic E-state index is 14.5. The largest absolute Gasteiger partial charge is 0.528 e. The summed E-state index contributed by atoms with van der Waals surface area (Å²) in [5.74, 6) is 0.114. The number of hydroxylamine groups is 2. The Morgan fingerprint density at radius 1 is 1.24 bits per heavy atom. The van der Waals surface area contributed by atoms with E-state index in [9.17, 15) is 14.4 Å². The molecule has 0 spiro atoms. The number of anilines is 3. The number of nitrogens with one attached hydrogen (secondary N) is 2. The maximum absolute atomic E-state index is 14.5. The highest BCUT2D eigenvalue weighted by Crippen LogP contribution is 2.27. The summed E-state index contributed by atoms with van der Waals surface area (Å²) in [6.07, 6.45) is 1.70. The average Bonchev–Trinajstić information content (AvgIpc) is 2.76. The molecule has 3 rings (SSSR count). The average molecular weight is 473 g/mol. The molecule has 34 heavy (non-hydrogen) atoms. The number of benzene rings is 1. The predicted octanol–water partition coefficient (Wildman–Crippen LogP) is 4.37. The molecule has 0 bridgehead atoms. The summed E-state index contributed by atoms with van der Waals surface area (Å²) in [6, 6.07) is 6.25.